The van der Waals surface area contributed by atoms with E-state index in [4.69, 9.17) is 4.52 Å². The Hall–Kier alpha value is -3.88. The van der Waals surface area contributed by atoms with Gasteiger partial charge in [0.25, 0.3) is 5.91 Å². The molecule has 0 radical (unpaired) electrons. The third-order valence-corrected chi connectivity index (χ3v) is 5.42. The molecule has 162 valence electrons. The van der Waals surface area contributed by atoms with Gasteiger partial charge in [-0.2, -0.15) is 18.2 Å². The van der Waals surface area contributed by atoms with Crippen molar-refractivity contribution in [3.8, 4) is 17.1 Å². The molecule has 0 aliphatic carbocycles. The van der Waals surface area contributed by atoms with Gasteiger partial charge in [-0.25, -0.2) is 0 Å². The standard InChI is InChI=1S/C23H17F3N4O2/c24-23(25,26)18-5-3-4-16(12-18)20-27-21(32-28-20)17-13-30(14-17)22(31)15-6-8-19(9-7-15)29-10-1-2-11-29/h1-12,17H,13-14H2. The summed E-state index contributed by atoms with van der Waals surface area (Å²) in [6.07, 6.45) is -0.596. The van der Waals surface area contributed by atoms with Crippen molar-refractivity contribution >= 4 is 5.91 Å². The zero-order chi connectivity index (χ0) is 22.3. The Bertz CT molecular complexity index is 1240. The SMILES string of the molecule is O=C(c1ccc(-n2cccc2)cc1)N1CC(c2nc(-c3cccc(C(F)(F)F)c3)no2)C1. The molecule has 3 heterocycles. The van der Waals surface area contributed by atoms with Gasteiger partial charge in [0, 0.05) is 42.3 Å². The average Bonchev–Trinajstić information content (AvgIpc) is 3.45. The number of carbonyl (C=O) groups excluding carboxylic acids is 1. The van der Waals surface area contributed by atoms with Crippen molar-refractivity contribution in [2.24, 2.45) is 0 Å². The molecule has 1 amide bonds. The highest BCUT2D eigenvalue weighted by atomic mass is 19.4. The van der Waals surface area contributed by atoms with Crippen LogP contribution in [0.2, 0.25) is 0 Å². The maximum Gasteiger partial charge on any atom is 0.416 e. The molecule has 0 bridgehead atoms. The lowest BCUT2D eigenvalue weighted by molar-refractivity contribution is -0.137. The second-order valence-corrected chi connectivity index (χ2v) is 7.58. The van der Waals surface area contributed by atoms with Crippen LogP contribution in [0.4, 0.5) is 13.2 Å². The zero-order valence-corrected chi connectivity index (χ0v) is 16.7. The number of amides is 1. The third-order valence-electron chi connectivity index (χ3n) is 5.42. The fourth-order valence-electron chi connectivity index (χ4n) is 3.62. The van der Waals surface area contributed by atoms with Crippen molar-refractivity contribution in [3.05, 3.63) is 90.1 Å². The maximum atomic E-state index is 12.9. The summed E-state index contributed by atoms with van der Waals surface area (Å²) in [7, 11) is 0. The van der Waals surface area contributed by atoms with Gasteiger partial charge >= 0.3 is 6.18 Å². The van der Waals surface area contributed by atoms with E-state index in [1.54, 1.807) is 17.0 Å². The number of halogens is 3. The lowest BCUT2D eigenvalue weighted by Gasteiger charge is -2.37. The van der Waals surface area contributed by atoms with Crippen molar-refractivity contribution in [1.29, 1.82) is 0 Å². The van der Waals surface area contributed by atoms with Crippen molar-refractivity contribution in [2.45, 2.75) is 12.1 Å². The molecular formula is C23H17F3N4O2. The van der Waals surface area contributed by atoms with E-state index in [2.05, 4.69) is 10.1 Å². The molecule has 1 aliphatic rings. The van der Waals surface area contributed by atoms with Crippen molar-refractivity contribution in [1.82, 2.24) is 19.6 Å². The van der Waals surface area contributed by atoms with Crippen LogP contribution in [0.5, 0.6) is 0 Å². The number of benzene rings is 2. The zero-order valence-electron chi connectivity index (χ0n) is 16.7. The number of hydrogen-bond acceptors (Lipinski definition) is 4. The second kappa shape index (κ2) is 7.67. The average molecular weight is 438 g/mol. The van der Waals surface area contributed by atoms with Gasteiger partial charge in [0.2, 0.25) is 11.7 Å². The van der Waals surface area contributed by atoms with Gasteiger partial charge < -0.3 is 14.0 Å². The molecule has 9 heteroatoms. The molecule has 6 nitrogen and oxygen atoms in total. The molecule has 0 unspecified atom stereocenters. The highest BCUT2D eigenvalue weighted by molar-refractivity contribution is 5.95. The van der Waals surface area contributed by atoms with Crippen LogP contribution >= 0.6 is 0 Å². The first-order chi connectivity index (χ1) is 15.4. The largest absolute Gasteiger partial charge is 0.416 e. The number of rotatable bonds is 4. The highest BCUT2D eigenvalue weighted by Gasteiger charge is 2.36. The minimum Gasteiger partial charge on any atom is -0.339 e. The van der Waals surface area contributed by atoms with E-state index in [1.165, 1.54) is 12.1 Å². The van der Waals surface area contributed by atoms with Gasteiger partial charge in [0.15, 0.2) is 0 Å². The third kappa shape index (κ3) is 3.77. The van der Waals surface area contributed by atoms with Crippen LogP contribution in [-0.4, -0.2) is 38.6 Å². The number of carbonyl (C=O) groups is 1. The molecular weight excluding hydrogens is 421 g/mol. The van der Waals surface area contributed by atoms with Crippen molar-refractivity contribution in [2.75, 3.05) is 13.1 Å². The molecule has 4 aromatic rings. The summed E-state index contributed by atoms with van der Waals surface area (Å²) >= 11 is 0. The Morgan fingerprint density at radius 3 is 2.41 bits per heavy atom. The molecule has 0 spiro atoms. The minimum atomic E-state index is -4.45. The lowest BCUT2D eigenvalue weighted by atomic mass is 9.98. The van der Waals surface area contributed by atoms with Crippen LogP contribution in [0, 0.1) is 0 Å². The Morgan fingerprint density at radius 2 is 1.72 bits per heavy atom. The Morgan fingerprint density at radius 1 is 1.00 bits per heavy atom. The molecule has 0 saturated carbocycles. The summed E-state index contributed by atoms with van der Waals surface area (Å²) < 4.78 is 46.0. The first-order valence-corrected chi connectivity index (χ1v) is 9.92. The molecule has 5 rings (SSSR count). The first kappa shape index (κ1) is 20.0. The molecule has 1 fully saturated rings. The molecule has 0 atom stereocenters. The van der Waals surface area contributed by atoms with Crippen LogP contribution in [0.1, 0.15) is 27.7 Å². The van der Waals surface area contributed by atoms with Gasteiger partial charge in [-0.05, 0) is 48.5 Å². The molecule has 32 heavy (non-hydrogen) atoms. The lowest BCUT2D eigenvalue weighted by Crippen LogP contribution is -2.48. The van der Waals surface area contributed by atoms with E-state index in [0.29, 0.717) is 24.5 Å². The first-order valence-electron chi connectivity index (χ1n) is 9.92. The quantitative estimate of drug-likeness (QED) is 0.460. The van der Waals surface area contributed by atoms with E-state index in [1.807, 2.05) is 41.2 Å². The highest BCUT2D eigenvalue weighted by Crippen LogP contribution is 2.33. The summed E-state index contributed by atoms with van der Waals surface area (Å²) in [5, 5.41) is 3.82. The molecule has 2 aromatic heterocycles. The van der Waals surface area contributed by atoms with Crippen LogP contribution in [-0.2, 0) is 6.18 Å². The van der Waals surface area contributed by atoms with Crippen molar-refractivity contribution < 1.29 is 22.5 Å². The maximum absolute atomic E-state index is 12.9. The Kier molecular flexibility index (Phi) is 4.80. The molecule has 1 aliphatic heterocycles. The number of hydrogen-bond donors (Lipinski definition) is 0. The van der Waals surface area contributed by atoms with E-state index < -0.39 is 11.7 Å². The van der Waals surface area contributed by atoms with Crippen molar-refractivity contribution in [3.63, 3.8) is 0 Å². The summed E-state index contributed by atoms with van der Waals surface area (Å²) in [6, 6.07) is 16.0. The number of aromatic nitrogens is 3. The fraction of sp³-hybridized carbons (Fsp3) is 0.174. The molecule has 1 saturated heterocycles. The van der Waals surface area contributed by atoms with Crippen LogP contribution < -0.4 is 0 Å². The van der Waals surface area contributed by atoms with E-state index in [0.717, 1.165) is 17.8 Å². The fourth-order valence-corrected chi connectivity index (χ4v) is 3.62. The summed E-state index contributed by atoms with van der Waals surface area (Å²) in [5.41, 5.74) is 0.991. The summed E-state index contributed by atoms with van der Waals surface area (Å²) in [5.74, 6) is 0.156. The topological polar surface area (TPSA) is 64.2 Å². The second-order valence-electron chi connectivity index (χ2n) is 7.58. The number of nitrogens with zero attached hydrogens (tertiary/aromatic N) is 4. The Labute approximate surface area is 180 Å². The number of alkyl halides is 3. The van der Waals surface area contributed by atoms with Gasteiger partial charge in [0.1, 0.15) is 0 Å². The predicted octanol–water partition coefficient (Wildman–Crippen LogP) is 4.79. The van der Waals surface area contributed by atoms with Crippen LogP contribution in [0.25, 0.3) is 17.1 Å². The summed E-state index contributed by atoms with van der Waals surface area (Å²) in [6.45, 7) is 0.810. The Balaban J connectivity index is 1.23. The monoisotopic (exact) mass is 438 g/mol. The van der Waals surface area contributed by atoms with Crippen LogP contribution in [0.15, 0.2) is 77.6 Å². The molecule has 0 N–H and O–H groups in total. The molecule has 2 aromatic carbocycles. The normalized spacial score (nSPS) is 14.4. The van der Waals surface area contributed by atoms with Gasteiger partial charge in [-0.15, -0.1) is 0 Å². The number of likely N-dealkylation sites (tertiary alicyclic amines) is 1. The minimum absolute atomic E-state index is 0.0940. The van der Waals surface area contributed by atoms with E-state index in [-0.39, 0.29) is 23.2 Å². The van der Waals surface area contributed by atoms with E-state index >= 15 is 0 Å². The smallest absolute Gasteiger partial charge is 0.339 e. The van der Waals surface area contributed by atoms with Crippen LogP contribution in [0.3, 0.4) is 0 Å². The van der Waals surface area contributed by atoms with Gasteiger partial charge in [-0.1, -0.05) is 17.3 Å². The van der Waals surface area contributed by atoms with Gasteiger partial charge in [-0.3, -0.25) is 4.79 Å². The predicted molar refractivity (Wildman–Crippen MR) is 109 cm³/mol. The van der Waals surface area contributed by atoms with Gasteiger partial charge in [0.05, 0.1) is 11.5 Å². The summed E-state index contributed by atoms with van der Waals surface area (Å²) in [4.78, 5) is 18.6. The van der Waals surface area contributed by atoms with E-state index in [9.17, 15) is 18.0 Å².